The molecule has 1 rings (SSSR count). The van der Waals surface area contributed by atoms with E-state index in [2.05, 4.69) is 13.8 Å². The van der Waals surface area contributed by atoms with Crippen LogP contribution in [0.5, 0.6) is 0 Å². The summed E-state index contributed by atoms with van der Waals surface area (Å²) < 4.78 is 4.86. The van der Waals surface area contributed by atoms with Gasteiger partial charge in [-0.15, -0.1) is 0 Å². The third-order valence-electron chi connectivity index (χ3n) is 4.19. The van der Waals surface area contributed by atoms with E-state index in [0.717, 1.165) is 44.9 Å². The first kappa shape index (κ1) is 14.5. The van der Waals surface area contributed by atoms with Gasteiger partial charge in [-0.1, -0.05) is 33.1 Å². The lowest BCUT2D eigenvalue weighted by molar-refractivity contribution is -0.156. The Bertz CT molecular complexity index is 252. The van der Waals surface area contributed by atoms with Crippen molar-refractivity contribution < 1.29 is 14.6 Å². The number of hydrogen-bond acceptors (Lipinski definition) is 3. The van der Waals surface area contributed by atoms with E-state index < -0.39 is 5.60 Å². The molecule has 100 valence electrons. The summed E-state index contributed by atoms with van der Waals surface area (Å²) in [5, 5.41) is 10.7. The van der Waals surface area contributed by atoms with Gasteiger partial charge in [0.25, 0.3) is 0 Å². The molecule has 0 aromatic rings. The Hall–Kier alpha value is -0.570. The molecule has 3 unspecified atom stereocenters. The normalized spacial score (nSPS) is 30.2. The summed E-state index contributed by atoms with van der Waals surface area (Å²) in [7, 11) is 1.41. The highest BCUT2D eigenvalue weighted by Gasteiger charge is 2.46. The molecule has 1 N–H and O–H groups in total. The molecule has 1 aliphatic rings. The van der Waals surface area contributed by atoms with Crippen molar-refractivity contribution in [3.8, 4) is 0 Å². The van der Waals surface area contributed by atoms with Gasteiger partial charge in [0.1, 0.15) is 0 Å². The minimum Gasteiger partial charge on any atom is -0.469 e. The van der Waals surface area contributed by atoms with Crippen LogP contribution in [0.2, 0.25) is 0 Å². The van der Waals surface area contributed by atoms with Gasteiger partial charge in [-0.25, -0.2) is 0 Å². The number of unbranched alkanes of at least 4 members (excludes halogenated alkanes) is 1. The number of carbonyl (C=O) groups is 1. The number of esters is 1. The average molecular weight is 242 g/mol. The summed E-state index contributed by atoms with van der Waals surface area (Å²) in [5.74, 6) is -0.00418. The maximum Gasteiger partial charge on any atom is 0.311 e. The third-order valence-corrected chi connectivity index (χ3v) is 4.19. The molecule has 0 bridgehead atoms. The number of methoxy groups -OCH3 is 1. The molecule has 0 saturated heterocycles. The molecule has 0 aromatic heterocycles. The minimum atomic E-state index is -0.817. The lowest BCUT2D eigenvalue weighted by Gasteiger charge is -2.31. The molecule has 17 heavy (non-hydrogen) atoms. The Morgan fingerprint density at radius 2 is 2.24 bits per heavy atom. The van der Waals surface area contributed by atoms with E-state index in [9.17, 15) is 9.90 Å². The first-order valence-corrected chi connectivity index (χ1v) is 6.87. The molecule has 3 nitrogen and oxygen atoms in total. The predicted molar refractivity (Wildman–Crippen MR) is 67.6 cm³/mol. The van der Waals surface area contributed by atoms with Crippen LogP contribution in [-0.2, 0) is 9.53 Å². The van der Waals surface area contributed by atoms with E-state index in [4.69, 9.17) is 4.74 Å². The Morgan fingerprint density at radius 1 is 1.53 bits per heavy atom. The number of hydrogen-bond donors (Lipinski definition) is 1. The molecular weight excluding hydrogens is 216 g/mol. The molecule has 0 spiro atoms. The molecule has 0 aliphatic heterocycles. The van der Waals surface area contributed by atoms with Crippen molar-refractivity contribution in [1.29, 1.82) is 0 Å². The van der Waals surface area contributed by atoms with Gasteiger partial charge in [-0.2, -0.15) is 0 Å². The fourth-order valence-corrected chi connectivity index (χ4v) is 2.98. The summed E-state index contributed by atoms with van der Waals surface area (Å²) in [6.45, 7) is 4.25. The van der Waals surface area contributed by atoms with Crippen molar-refractivity contribution in [3.63, 3.8) is 0 Å². The van der Waals surface area contributed by atoms with E-state index in [-0.39, 0.29) is 11.9 Å². The van der Waals surface area contributed by atoms with E-state index in [1.54, 1.807) is 0 Å². The quantitative estimate of drug-likeness (QED) is 0.728. The van der Waals surface area contributed by atoms with E-state index in [0.29, 0.717) is 5.92 Å². The smallest absolute Gasteiger partial charge is 0.311 e. The van der Waals surface area contributed by atoms with Crippen molar-refractivity contribution in [2.24, 2.45) is 11.8 Å². The van der Waals surface area contributed by atoms with Crippen molar-refractivity contribution in [2.75, 3.05) is 7.11 Å². The van der Waals surface area contributed by atoms with Crippen LogP contribution in [0.4, 0.5) is 0 Å². The molecule has 0 heterocycles. The Kier molecular flexibility index (Phi) is 5.44. The van der Waals surface area contributed by atoms with E-state index in [1.165, 1.54) is 7.11 Å². The van der Waals surface area contributed by atoms with Crippen LogP contribution >= 0.6 is 0 Å². The lowest BCUT2D eigenvalue weighted by atomic mass is 9.81. The molecular formula is C14H26O3. The fraction of sp³-hybridized carbons (Fsp3) is 0.929. The standard InChI is InChI=1S/C14H26O3/c1-4-6-7-12(13(15)17-3)14(16)9-8-11(5-2)10-14/h11-12,16H,4-10H2,1-3H3. The second kappa shape index (κ2) is 6.39. The Balaban J connectivity index is 2.71. The molecule has 3 atom stereocenters. The van der Waals surface area contributed by atoms with Gasteiger partial charge in [0.15, 0.2) is 0 Å². The van der Waals surface area contributed by atoms with Gasteiger partial charge in [-0.3, -0.25) is 4.79 Å². The van der Waals surface area contributed by atoms with Gasteiger partial charge in [0, 0.05) is 0 Å². The number of rotatable bonds is 6. The molecule has 1 saturated carbocycles. The van der Waals surface area contributed by atoms with Crippen LogP contribution in [0.3, 0.4) is 0 Å². The Labute approximate surface area is 105 Å². The molecule has 3 heteroatoms. The number of ether oxygens (including phenoxy) is 1. The molecule has 0 aromatic carbocycles. The monoisotopic (exact) mass is 242 g/mol. The molecule has 1 aliphatic carbocycles. The van der Waals surface area contributed by atoms with E-state index >= 15 is 0 Å². The number of aliphatic hydroxyl groups is 1. The summed E-state index contributed by atoms with van der Waals surface area (Å²) in [5.41, 5.74) is -0.817. The second-order valence-corrected chi connectivity index (χ2v) is 5.34. The van der Waals surface area contributed by atoms with Crippen LogP contribution in [0.1, 0.15) is 58.8 Å². The van der Waals surface area contributed by atoms with Gasteiger partial charge < -0.3 is 9.84 Å². The molecule has 1 fully saturated rings. The lowest BCUT2D eigenvalue weighted by Crippen LogP contribution is -2.41. The number of carbonyl (C=O) groups excluding carboxylic acids is 1. The van der Waals surface area contributed by atoms with Crippen molar-refractivity contribution in [3.05, 3.63) is 0 Å². The van der Waals surface area contributed by atoms with Gasteiger partial charge in [-0.05, 0) is 31.6 Å². The third kappa shape index (κ3) is 3.44. The summed E-state index contributed by atoms with van der Waals surface area (Å²) in [4.78, 5) is 11.8. The van der Waals surface area contributed by atoms with Crippen molar-refractivity contribution in [2.45, 2.75) is 64.4 Å². The van der Waals surface area contributed by atoms with Crippen LogP contribution in [0.15, 0.2) is 0 Å². The predicted octanol–water partition coefficient (Wildman–Crippen LogP) is 2.91. The maximum atomic E-state index is 11.8. The first-order chi connectivity index (χ1) is 8.07. The maximum absolute atomic E-state index is 11.8. The summed E-state index contributed by atoms with van der Waals surface area (Å²) in [6.07, 6.45) is 6.38. The largest absolute Gasteiger partial charge is 0.469 e. The zero-order valence-corrected chi connectivity index (χ0v) is 11.4. The van der Waals surface area contributed by atoms with Crippen LogP contribution in [-0.4, -0.2) is 23.8 Å². The van der Waals surface area contributed by atoms with Crippen LogP contribution in [0.25, 0.3) is 0 Å². The van der Waals surface area contributed by atoms with E-state index in [1.807, 2.05) is 0 Å². The molecule has 0 radical (unpaired) electrons. The highest BCUT2D eigenvalue weighted by atomic mass is 16.5. The Morgan fingerprint density at radius 3 is 2.71 bits per heavy atom. The topological polar surface area (TPSA) is 46.5 Å². The highest BCUT2D eigenvalue weighted by molar-refractivity contribution is 5.73. The first-order valence-electron chi connectivity index (χ1n) is 6.87. The van der Waals surface area contributed by atoms with Crippen molar-refractivity contribution >= 4 is 5.97 Å². The summed E-state index contributed by atoms with van der Waals surface area (Å²) in [6, 6.07) is 0. The second-order valence-electron chi connectivity index (χ2n) is 5.34. The van der Waals surface area contributed by atoms with Crippen LogP contribution in [0, 0.1) is 11.8 Å². The van der Waals surface area contributed by atoms with Gasteiger partial charge >= 0.3 is 5.97 Å². The zero-order valence-electron chi connectivity index (χ0n) is 11.4. The molecule has 0 amide bonds. The summed E-state index contributed by atoms with van der Waals surface area (Å²) >= 11 is 0. The minimum absolute atomic E-state index is 0.238. The van der Waals surface area contributed by atoms with Crippen molar-refractivity contribution in [1.82, 2.24) is 0 Å². The SMILES string of the molecule is CCCCC(C(=O)OC)C1(O)CCC(CC)C1. The van der Waals surface area contributed by atoms with Crippen LogP contribution < -0.4 is 0 Å². The average Bonchev–Trinajstić information content (AvgIpc) is 2.72. The zero-order chi connectivity index (χ0) is 12.9. The van der Waals surface area contributed by atoms with Gasteiger partial charge in [0.2, 0.25) is 0 Å². The highest BCUT2D eigenvalue weighted by Crippen LogP contribution is 2.43. The van der Waals surface area contributed by atoms with Gasteiger partial charge in [0.05, 0.1) is 18.6 Å². The fourth-order valence-electron chi connectivity index (χ4n) is 2.98.